The predicted molar refractivity (Wildman–Crippen MR) is 76.7 cm³/mol. The van der Waals surface area contributed by atoms with Gasteiger partial charge < -0.3 is 9.22 Å². The van der Waals surface area contributed by atoms with Crippen LogP contribution in [0.2, 0.25) is 18.1 Å². The standard InChI is InChI=1S/C14H28O2Si/c1-6-10-11-14(13(5)12-15)16-17(7-2,8-3)9-4/h10-14H,6-9H2,1-5H3/b11-10+. The van der Waals surface area contributed by atoms with Crippen molar-refractivity contribution in [3.05, 3.63) is 12.2 Å². The third-order valence-electron chi connectivity index (χ3n) is 3.61. The first-order valence-electron chi connectivity index (χ1n) is 6.88. The van der Waals surface area contributed by atoms with Gasteiger partial charge in [-0.25, -0.2) is 0 Å². The SMILES string of the molecule is CC/C=C/C(O[Si](CC)(CC)CC)C(C)C=O. The summed E-state index contributed by atoms with van der Waals surface area (Å²) in [5.41, 5.74) is 0. The van der Waals surface area contributed by atoms with Gasteiger partial charge in [0.15, 0.2) is 8.32 Å². The molecule has 0 radical (unpaired) electrons. The Morgan fingerprint density at radius 3 is 2.00 bits per heavy atom. The van der Waals surface area contributed by atoms with E-state index >= 15 is 0 Å². The number of carbonyl (C=O) groups excluding carboxylic acids is 1. The third kappa shape index (κ3) is 5.17. The van der Waals surface area contributed by atoms with Crippen molar-refractivity contribution < 1.29 is 9.22 Å². The van der Waals surface area contributed by atoms with Crippen molar-refractivity contribution in [3.63, 3.8) is 0 Å². The van der Waals surface area contributed by atoms with Gasteiger partial charge in [-0.2, -0.15) is 0 Å². The second kappa shape index (κ2) is 8.64. The number of rotatable bonds is 9. The Bertz CT molecular complexity index is 226. The van der Waals surface area contributed by atoms with Crippen molar-refractivity contribution in [2.24, 2.45) is 5.92 Å². The molecule has 2 atom stereocenters. The number of carbonyl (C=O) groups is 1. The second-order valence-electron chi connectivity index (χ2n) is 4.66. The molecule has 0 aliphatic rings. The first-order valence-corrected chi connectivity index (χ1v) is 9.41. The van der Waals surface area contributed by atoms with Gasteiger partial charge in [-0.3, -0.25) is 0 Å². The van der Waals surface area contributed by atoms with Gasteiger partial charge in [0.1, 0.15) is 6.29 Å². The lowest BCUT2D eigenvalue weighted by atomic mass is 10.1. The molecule has 2 unspecified atom stereocenters. The van der Waals surface area contributed by atoms with E-state index in [1.807, 2.05) is 6.92 Å². The van der Waals surface area contributed by atoms with Crippen LogP contribution in [-0.4, -0.2) is 20.7 Å². The Labute approximate surface area is 108 Å². The summed E-state index contributed by atoms with van der Waals surface area (Å²) in [4.78, 5) is 11.0. The lowest BCUT2D eigenvalue weighted by Gasteiger charge is -2.33. The maximum absolute atomic E-state index is 11.0. The fourth-order valence-electron chi connectivity index (χ4n) is 1.96. The Morgan fingerprint density at radius 2 is 1.65 bits per heavy atom. The van der Waals surface area contributed by atoms with Gasteiger partial charge in [-0.05, 0) is 24.6 Å². The van der Waals surface area contributed by atoms with Crippen LogP contribution >= 0.6 is 0 Å². The molecule has 0 spiro atoms. The van der Waals surface area contributed by atoms with Gasteiger partial charge in [0.05, 0.1) is 6.10 Å². The first-order chi connectivity index (χ1) is 8.09. The average Bonchev–Trinajstić information content (AvgIpc) is 2.39. The maximum atomic E-state index is 11.0. The molecule has 0 aromatic heterocycles. The lowest BCUT2D eigenvalue weighted by molar-refractivity contribution is -0.112. The monoisotopic (exact) mass is 256 g/mol. The molecular weight excluding hydrogens is 228 g/mol. The minimum Gasteiger partial charge on any atom is -0.410 e. The van der Waals surface area contributed by atoms with Crippen molar-refractivity contribution in [2.75, 3.05) is 0 Å². The van der Waals surface area contributed by atoms with Gasteiger partial charge in [0.2, 0.25) is 0 Å². The molecule has 0 bridgehead atoms. The van der Waals surface area contributed by atoms with Crippen LogP contribution in [0.3, 0.4) is 0 Å². The minimum absolute atomic E-state index is 0.0287. The second-order valence-corrected chi connectivity index (χ2v) is 9.38. The van der Waals surface area contributed by atoms with E-state index in [2.05, 4.69) is 39.8 Å². The molecule has 3 heteroatoms. The number of hydrogen-bond acceptors (Lipinski definition) is 2. The summed E-state index contributed by atoms with van der Waals surface area (Å²) in [5.74, 6) is -0.0469. The van der Waals surface area contributed by atoms with Crippen molar-refractivity contribution in [2.45, 2.75) is 65.3 Å². The van der Waals surface area contributed by atoms with E-state index in [0.717, 1.165) is 30.8 Å². The molecule has 0 aliphatic carbocycles. The van der Waals surface area contributed by atoms with Gasteiger partial charge >= 0.3 is 0 Å². The number of aldehydes is 1. The number of hydrogen-bond donors (Lipinski definition) is 0. The average molecular weight is 256 g/mol. The molecule has 0 aliphatic heterocycles. The predicted octanol–water partition coefficient (Wildman–Crippen LogP) is 4.18. The summed E-state index contributed by atoms with van der Waals surface area (Å²) in [6, 6.07) is 3.38. The zero-order valence-electron chi connectivity index (χ0n) is 12.0. The van der Waals surface area contributed by atoms with Crippen LogP contribution in [0.1, 0.15) is 41.0 Å². The maximum Gasteiger partial charge on any atom is 0.192 e. The van der Waals surface area contributed by atoms with E-state index in [-0.39, 0.29) is 12.0 Å². The summed E-state index contributed by atoms with van der Waals surface area (Å²) in [7, 11) is -1.62. The minimum atomic E-state index is -1.62. The van der Waals surface area contributed by atoms with E-state index in [9.17, 15) is 4.79 Å². The van der Waals surface area contributed by atoms with Crippen LogP contribution in [-0.2, 0) is 9.22 Å². The van der Waals surface area contributed by atoms with E-state index in [4.69, 9.17) is 4.43 Å². The fraction of sp³-hybridized carbons (Fsp3) is 0.786. The molecule has 0 heterocycles. The normalized spacial score (nSPS) is 16.1. The highest BCUT2D eigenvalue weighted by atomic mass is 28.4. The Hall–Kier alpha value is -0.413. The molecule has 0 N–H and O–H groups in total. The topological polar surface area (TPSA) is 26.3 Å². The highest BCUT2D eigenvalue weighted by Crippen LogP contribution is 2.25. The summed E-state index contributed by atoms with van der Waals surface area (Å²) in [6.45, 7) is 10.7. The lowest BCUT2D eigenvalue weighted by Crippen LogP contribution is -2.41. The Kier molecular flexibility index (Phi) is 8.43. The van der Waals surface area contributed by atoms with Crippen LogP contribution in [0.4, 0.5) is 0 Å². The van der Waals surface area contributed by atoms with Crippen LogP contribution in [0.5, 0.6) is 0 Å². The Morgan fingerprint density at radius 1 is 1.12 bits per heavy atom. The smallest absolute Gasteiger partial charge is 0.192 e. The van der Waals surface area contributed by atoms with Crippen molar-refractivity contribution >= 4 is 14.6 Å². The molecular formula is C14H28O2Si. The quantitative estimate of drug-likeness (QED) is 0.351. The molecule has 0 fully saturated rings. The molecule has 0 aromatic rings. The molecule has 100 valence electrons. The molecule has 2 nitrogen and oxygen atoms in total. The molecule has 0 saturated heterocycles. The highest BCUT2D eigenvalue weighted by molar-refractivity contribution is 6.73. The zero-order valence-corrected chi connectivity index (χ0v) is 13.0. The van der Waals surface area contributed by atoms with E-state index in [1.54, 1.807) is 0 Å². The summed E-state index contributed by atoms with van der Waals surface area (Å²) in [6.07, 6.45) is 6.14. The van der Waals surface area contributed by atoms with Crippen molar-refractivity contribution in [1.29, 1.82) is 0 Å². The van der Waals surface area contributed by atoms with E-state index in [0.29, 0.717) is 0 Å². The van der Waals surface area contributed by atoms with Gasteiger partial charge in [0, 0.05) is 5.92 Å². The summed E-state index contributed by atoms with van der Waals surface area (Å²) in [5, 5.41) is 0. The molecule has 0 amide bonds. The van der Waals surface area contributed by atoms with Crippen LogP contribution in [0.15, 0.2) is 12.2 Å². The van der Waals surface area contributed by atoms with Crippen LogP contribution in [0, 0.1) is 5.92 Å². The van der Waals surface area contributed by atoms with Crippen LogP contribution in [0.25, 0.3) is 0 Å². The fourth-order valence-corrected chi connectivity index (χ4v) is 4.83. The van der Waals surface area contributed by atoms with E-state index in [1.165, 1.54) is 0 Å². The molecule has 17 heavy (non-hydrogen) atoms. The van der Waals surface area contributed by atoms with Gasteiger partial charge in [0.25, 0.3) is 0 Å². The van der Waals surface area contributed by atoms with Crippen LogP contribution < -0.4 is 0 Å². The van der Waals surface area contributed by atoms with Gasteiger partial charge in [-0.15, -0.1) is 0 Å². The van der Waals surface area contributed by atoms with Crippen molar-refractivity contribution in [3.8, 4) is 0 Å². The Balaban J connectivity index is 4.81. The first kappa shape index (κ1) is 16.6. The molecule has 0 rings (SSSR count). The largest absolute Gasteiger partial charge is 0.410 e. The third-order valence-corrected chi connectivity index (χ3v) is 8.25. The van der Waals surface area contributed by atoms with E-state index < -0.39 is 8.32 Å². The molecule has 0 aromatic carbocycles. The highest BCUT2D eigenvalue weighted by Gasteiger charge is 2.32. The summed E-state index contributed by atoms with van der Waals surface area (Å²) >= 11 is 0. The molecule has 0 saturated carbocycles. The number of allylic oxidation sites excluding steroid dienone is 1. The van der Waals surface area contributed by atoms with Gasteiger partial charge in [-0.1, -0.05) is 46.8 Å². The van der Waals surface area contributed by atoms with Crippen molar-refractivity contribution in [1.82, 2.24) is 0 Å². The summed E-state index contributed by atoms with van der Waals surface area (Å²) < 4.78 is 6.36. The zero-order chi connectivity index (χ0) is 13.3.